The molecule has 1 fully saturated rings. The van der Waals surface area contributed by atoms with Gasteiger partial charge in [-0.3, -0.25) is 4.79 Å². The van der Waals surface area contributed by atoms with E-state index in [9.17, 15) is 4.79 Å². The number of likely N-dealkylation sites (tertiary alicyclic amines) is 1. The van der Waals surface area contributed by atoms with E-state index in [0.29, 0.717) is 5.92 Å². The quantitative estimate of drug-likeness (QED) is 0.823. The van der Waals surface area contributed by atoms with Crippen LogP contribution in [0.15, 0.2) is 24.3 Å². The van der Waals surface area contributed by atoms with Gasteiger partial charge in [0.15, 0.2) is 0 Å². The number of nitrogens with zero attached hydrogens (tertiary/aromatic N) is 4. The highest BCUT2D eigenvalue weighted by Crippen LogP contribution is 2.16. The van der Waals surface area contributed by atoms with Crippen molar-refractivity contribution < 1.29 is 4.79 Å². The van der Waals surface area contributed by atoms with Gasteiger partial charge in [0, 0.05) is 13.1 Å². The van der Waals surface area contributed by atoms with Crippen LogP contribution in [0.3, 0.4) is 0 Å². The maximum absolute atomic E-state index is 12.3. The number of rotatable bonds is 2. The predicted octanol–water partition coefficient (Wildman–Crippen LogP) is 1.69. The van der Waals surface area contributed by atoms with Crippen LogP contribution in [0.2, 0.25) is 0 Å². The molecule has 0 spiro atoms. The van der Waals surface area contributed by atoms with E-state index >= 15 is 0 Å². The summed E-state index contributed by atoms with van der Waals surface area (Å²) >= 11 is 0. The van der Waals surface area contributed by atoms with E-state index in [4.69, 9.17) is 0 Å². The molecule has 0 aliphatic carbocycles. The van der Waals surface area contributed by atoms with Crippen molar-refractivity contribution in [1.29, 1.82) is 0 Å². The average Bonchev–Trinajstić information content (AvgIpc) is 2.82. The molecule has 1 aromatic heterocycles. The van der Waals surface area contributed by atoms with Gasteiger partial charge in [-0.15, -0.1) is 5.10 Å². The summed E-state index contributed by atoms with van der Waals surface area (Å²) in [6, 6.07) is 7.72. The summed E-state index contributed by atoms with van der Waals surface area (Å²) in [5, 5.41) is 8.14. The van der Waals surface area contributed by atoms with Gasteiger partial charge < -0.3 is 4.90 Å². The Morgan fingerprint density at radius 3 is 3.11 bits per heavy atom. The molecular formula is C14H18N4O. The first-order valence-corrected chi connectivity index (χ1v) is 6.80. The van der Waals surface area contributed by atoms with Gasteiger partial charge >= 0.3 is 0 Å². The summed E-state index contributed by atoms with van der Waals surface area (Å²) in [7, 11) is 0. The van der Waals surface area contributed by atoms with Gasteiger partial charge in [0.25, 0.3) is 0 Å². The summed E-state index contributed by atoms with van der Waals surface area (Å²) in [6.07, 6.45) is 2.32. The van der Waals surface area contributed by atoms with Crippen molar-refractivity contribution in [3.8, 4) is 0 Å². The third kappa shape index (κ3) is 2.45. The van der Waals surface area contributed by atoms with E-state index < -0.39 is 0 Å². The fraction of sp³-hybridized carbons (Fsp3) is 0.500. The van der Waals surface area contributed by atoms with Crippen molar-refractivity contribution in [2.45, 2.75) is 26.3 Å². The number of para-hydroxylation sites is 1. The number of fused-ring (bicyclic) bond motifs is 1. The van der Waals surface area contributed by atoms with Gasteiger partial charge in [-0.2, -0.15) is 0 Å². The lowest BCUT2D eigenvalue weighted by molar-refractivity contribution is -0.133. The van der Waals surface area contributed by atoms with Crippen molar-refractivity contribution in [3.05, 3.63) is 24.3 Å². The molecule has 1 aliphatic rings. The van der Waals surface area contributed by atoms with Gasteiger partial charge in [-0.05, 0) is 30.9 Å². The molecule has 19 heavy (non-hydrogen) atoms. The molecule has 5 nitrogen and oxygen atoms in total. The van der Waals surface area contributed by atoms with E-state index in [1.54, 1.807) is 4.68 Å². The minimum absolute atomic E-state index is 0.141. The maximum atomic E-state index is 12.3. The molecule has 0 unspecified atom stereocenters. The van der Waals surface area contributed by atoms with Crippen LogP contribution in [0.25, 0.3) is 11.0 Å². The van der Waals surface area contributed by atoms with Crippen molar-refractivity contribution in [2.75, 3.05) is 13.1 Å². The molecule has 0 radical (unpaired) electrons. The lowest BCUT2D eigenvalue weighted by Gasteiger charge is -2.30. The van der Waals surface area contributed by atoms with Crippen LogP contribution in [-0.2, 0) is 11.3 Å². The Hall–Kier alpha value is -1.91. The van der Waals surface area contributed by atoms with Crippen LogP contribution in [-0.4, -0.2) is 38.9 Å². The summed E-state index contributed by atoms with van der Waals surface area (Å²) < 4.78 is 1.69. The van der Waals surface area contributed by atoms with Crippen molar-refractivity contribution in [2.24, 2.45) is 5.92 Å². The fourth-order valence-corrected chi connectivity index (χ4v) is 2.68. The highest BCUT2D eigenvalue weighted by atomic mass is 16.2. The van der Waals surface area contributed by atoms with Crippen LogP contribution >= 0.6 is 0 Å². The summed E-state index contributed by atoms with van der Waals surface area (Å²) in [5.41, 5.74) is 1.75. The average molecular weight is 258 g/mol. The molecule has 1 saturated heterocycles. The van der Waals surface area contributed by atoms with Gasteiger partial charge in [0.05, 0.1) is 5.52 Å². The molecule has 1 aromatic carbocycles. The zero-order chi connectivity index (χ0) is 13.2. The molecule has 1 aliphatic heterocycles. The molecule has 2 aromatic rings. The second-order valence-electron chi connectivity index (χ2n) is 5.32. The van der Waals surface area contributed by atoms with Crippen molar-refractivity contribution >= 4 is 16.9 Å². The van der Waals surface area contributed by atoms with Crippen LogP contribution < -0.4 is 0 Å². The fourth-order valence-electron chi connectivity index (χ4n) is 2.68. The predicted molar refractivity (Wildman–Crippen MR) is 72.5 cm³/mol. The van der Waals surface area contributed by atoms with Crippen LogP contribution in [0.1, 0.15) is 19.8 Å². The summed E-state index contributed by atoms with van der Waals surface area (Å²) in [4.78, 5) is 14.2. The normalized spacial score (nSPS) is 19.8. The minimum atomic E-state index is 0.141. The van der Waals surface area contributed by atoms with E-state index in [0.717, 1.165) is 30.5 Å². The van der Waals surface area contributed by atoms with Crippen LogP contribution in [0.4, 0.5) is 0 Å². The Morgan fingerprint density at radius 1 is 1.42 bits per heavy atom. The van der Waals surface area contributed by atoms with Gasteiger partial charge in [0.2, 0.25) is 5.91 Å². The standard InChI is InChI=1S/C14H18N4O/c1-11-5-4-8-17(9-11)14(19)10-18-13-7-3-2-6-12(13)15-16-18/h2-3,6-7,11H,4-5,8-10H2,1H3/t11-/m1/s1. The number of aromatic nitrogens is 3. The molecular weight excluding hydrogens is 240 g/mol. The number of carbonyl (C=O) groups is 1. The first-order chi connectivity index (χ1) is 9.24. The SMILES string of the molecule is C[C@@H]1CCCN(C(=O)Cn2nnc3ccccc32)C1. The topological polar surface area (TPSA) is 51.0 Å². The van der Waals surface area contributed by atoms with Crippen LogP contribution in [0.5, 0.6) is 0 Å². The largest absolute Gasteiger partial charge is 0.341 e. The number of carbonyl (C=O) groups excluding carboxylic acids is 1. The number of benzene rings is 1. The second kappa shape index (κ2) is 4.99. The summed E-state index contributed by atoms with van der Waals surface area (Å²) in [5.74, 6) is 0.743. The number of piperidine rings is 1. The molecule has 100 valence electrons. The van der Waals surface area contributed by atoms with E-state index in [1.165, 1.54) is 6.42 Å². The third-order valence-electron chi connectivity index (χ3n) is 3.71. The Morgan fingerprint density at radius 2 is 2.26 bits per heavy atom. The molecule has 0 bridgehead atoms. The monoisotopic (exact) mass is 258 g/mol. The Labute approximate surface area is 112 Å². The second-order valence-corrected chi connectivity index (χ2v) is 5.32. The Kier molecular flexibility index (Phi) is 3.19. The zero-order valence-corrected chi connectivity index (χ0v) is 11.1. The van der Waals surface area contributed by atoms with Crippen molar-refractivity contribution in [1.82, 2.24) is 19.9 Å². The first-order valence-electron chi connectivity index (χ1n) is 6.80. The highest BCUT2D eigenvalue weighted by molar-refractivity contribution is 5.79. The molecule has 1 atom stereocenters. The smallest absolute Gasteiger partial charge is 0.244 e. The molecule has 3 rings (SSSR count). The Balaban J connectivity index is 1.75. The van der Waals surface area contributed by atoms with Gasteiger partial charge in [-0.1, -0.05) is 24.3 Å². The number of amides is 1. The first kappa shape index (κ1) is 12.1. The number of hydrogen-bond donors (Lipinski definition) is 0. The molecule has 0 N–H and O–H groups in total. The van der Waals surface area contributed by atoms with E-state index in [1.807, 2.05) is 29.2 Å². The lowest BCUT2D eigenvalue weighted by Crippen LogP contribution is -2.41. The lowest BCUT2D eigenvalue weighted by atomic mass is 10.0. The molecule has 2 heterocycles. The molecule has 0 saturated carbocycles. The van der Waals surface area contributed by atoms with Gasteiger partial charge in [-0.25, -0.2) is 4.68 Å². The zero-order valence-electron chi connectivity index (χ0n) is 11.1. The van der Waals surface area contributed by atoms with E-state index in [2.05, 4.69) is 17.2 Å². The maximum Gasteiger partial charge on any atom is 0.244 e. The van der Waals surface area contributed by atoms with Crippen LogP contribution in [0, 0.1) is 5.92 Å². The molecule has 5 heteroatoms. The minimum Gasteiger partial charge on any atom is -0.341 e. The van der Waals surface area contributed by atoms with E-state index in [-0.39, 0.29) is 12.5 Å². The van der Waals surface area contributed by atoms with Gasteiger partial charge in [0.1, 0.15) is 12.1 Å². The van der Waals surface area contributed by atoms with Crippen molar-refractivity contribution in [3.63, 3.8) is 0 Å². The Bertz CT molecular complexity index is 592. The third-order valence-corrected chi connectivity index (χ3v) is 3.71. The number of hydrogen-bond acceptors (Lipinski definition) is 3. The highest BCUT2D eigenvalue weighted by Gasteiger charge is 2.21. The summed E-state index contributed by atoms with van der Waals surface area (Å²) in [6.45, 7) is 4.22. The molecule has 1 amide bonds.